The topological polar surface area (TPSA) is 63.0 Å². The molecule has 0 atom stereocenters. The van der Waals surface area contributed by atoms with Gasteiger partial charge >= 0.3 is 0 Å². The third-order valence-electron chi connectivity index (χ3n) is 3.51. The van der Waals surface area contributed by atoms with E-state index in [4.69, 9.17) is 4.74 Å². The van der Waals surface area contributed by atoms with E-state index in [9.17, 15) is 4.79 Å². The van der Waals surface area contributed by atoms with Gasteiger partial charge in [-0.2, -0.15) is 0 Å². The Hall–Kier alpha value is -2.15. The first-order chi connectivity index (χ1) is 9.67. The Morgan fingerprint density at radius 1 is 1.25 bits per heavy atom. The summed E-state index contributed by atoms with van der Waals surface area (Å²) in [5.74, 6) is 0.455. The van der Waals surface area contributed by atoms with E-state index in [-0.39, 0.29) is 5.91 Å². The van der Waals surface area contributed by atoms with Crippen LogP contribution in [0.3, 0.4) is 0 Å². The summed E-state index contributed by atoms with van der Waals surface area (Å²) in [7, 11) is 3.62. The van der Waals surface area contributed by atoms with Crippen LogP contribution in [-0.2, 0) is 0 Å². The molecule has 1 fully saturated rings. The molecule has 7 heteroatoms. The molecule has 0 radical (unpaired) electrons. The molecule has 0 saturated carbocycles. The molecule has 1 aliphatic heterocycles. The van der Waals surface area contributed by atoms with Gasteiger partial charge < -0.3 is 14.5 Å². The third-order valence-corrected chi connectivity index (χ3v) is 3.51. The van der Waals surface area contributed by atoms with Gasteiger partial charge in [0.1, 0.15) is 5.69 Å². The predicted molar refractivity (Wildman–Crippen MR) is 72.9 cm³/mol. The number of methoxy groups -OCH3 is 1. The number of aromatic nitrogens is 3. The molecule has 7 nitrogen and oxygen atoms in total. The number of imidazole rings is 1. The lowest BCUT2D eigenvalue weighted by Crippen LogP contribution is -2.47. The fourth-order valence-corrected chi connectivity index (χ4v) is 2.25. The molecular formula is C13H17N5O2. The number of ether oxygens (including phenoxy) is 1. The van der Waals surface area contributed by atoms with Crippen molar-refractivity contribution >= 4 is 11.6 Å². The van der Waals surface area contributed by atoms with Crippen molar-refractivity contribution in [2.75, 3.05) is 40.3 Å². The summed E-state index contributed by atoms with van der Waals surface area (Å²) in [4.78, 5) is 20.8. The van der Waals surface area contributed by atoms with Crippen LogP contribution in [0.2, 0.25) is 0 Å². The van der Waals surface area contributed by atoms with Gasteiger partial charge in [0.05, 0.1) is 13.3 Å². The average Bonchev–Trinajstić information content (AvgIpc) is 2.90. The fourth-order valence-electron chi connectivity index (χ4n) is 2.25. The van der Waals surface area contributed by atoms with Gasteiger partial charge in [0, 0.05) is 32.2 Å². The highest BCUT2D eigenvalue weighted by molar-refractivity contribution is 5.93. The van der Waals surface area contributed by atoms with Crippen LogP contribution >= 0.6 is 0 Å². The van der Waals surface area contributed by atoms with Gasteiger partial charge in [-0.15, -0.1) is 5.10 Å². The molecule has 3 rings (SSSR count). The number of carbonyl (C=O) groups is 1. The van der Waals surface area contributed by atoms with Gasteiger partial charge in [0.15, 0.2) is 5.65 Å². The lowest BCUT2D eigenvalue weighted by atomic mass is 10.3. The minimum atomic E-state index is -0.0393. The van der Waals surface area contributed by atoms with Crippen molar-refractivity contribution < 1.29 is 9.53 Å². The number of fused-ring (bicyclic) bond motifs is 1. The molecule has 1 amide bonds. The second kappa shape index (κ2) is 5.09. The number of piperazine rings is 1. The summed E-state index contributed by atoms with van der Waals surface area (Å²) in [6, 6.07) is 3.51. The van der Waals surface area contributed by atoms with E-state index in [0.717, 1.165) is 26.2 Å². The molecule has 0 bridgehead atoms. The van der Waals surface area contributed by atoms with Crippen molar-refractivity contribution in [3.05, 3.63) is 24.0 Å². The van der Waals surface area contributed by atoms with E-state index in [1.54, 1.807) is 30.0 Å². The zero-order chi connectivity index (χ0) is 14.1. The van der Waals surface area contributed by atoms with Gasteiger partial charge in [-0.1, -0.05) is 0 Å². The molecule has 0 aromatic carbocycles. The summed E-state index contributed by atoms with van der Waals surface area (Å²) in [5.41, 5.74) is 1.07. The maximum atomic E-state index is 12.4. The molecule has 2 aromatic heterocycles. The predicted octanol–water partition coefficient (Wildman–Crippen LogP) is 0.125. The van der Waals surface area contributed by atoms with E-state index >= 15 is 0 Å². The summed E-state index contributed by atoms with van der Waals surface area (Å²) in [6.45, 7) is 3.26. The molecule has 3 heterocycles. The highest BCUT2D eigenvalue weighted by Crippen LogP contribution is 2.12. The molecule has 2 aromatic rings. The number of amides is 1. The maximum Gasteiger partial charge on any atom is 0.274 e. The van der Waals surface area contributed by atoms with Crippen LogP contribution in [0.15, 0.2) is 18.3 Å². The highest BCUT2D eigenvalue weighted by Gasteiger charge is 2.22. The fraction of sp³-hybridized carbons (Fsp3) is 0.462. The molecule has 106 valence electrons. The average molecular weight is 275 g/mol. The smallest absolute Gasteiger partial charge is 0.274 e. The first-order valence-corrected chi connectivity index (χ1v) is 6.55. The van der Waals surface area contributed by atoms with E-state index in [1.165, 1.54) is 0 Å². The van der Waals surface area contributed by atoms with Gasteiger partial charge in [-0.05, 0) is 13.1 Å². The molecule has 1 saturated heterocycles. The Morgan fingerprint density at radius 3 is 2.70 bits per heavy atom. The van der Waals surface area contributed by atoms with Crippen LogP contribution < -0.4 is 4.74 Å². The van der Waals surface area contributed by atoms with Crippen LogP contribution in [0, 0.1) is 0 Å². The lowest BCUT2D eigenvalue weighted by Gasteiger charge is -2.31. The normalized spacial score (nSPS) is 16.6. The van der Waals surface area contributed by atoms with Crippen molar-refractivity contribution in [1.82, 2.24) is 24.4 Å². The van der Waals surface area contributed by atoms with Crippen molar-refractivity contribution in [1.29, 1.82) is 0 Å². The van der Waals surface area contributed by atoms with Gasteiger partial charge in [-0.25, -0.2) is 9.50 Å². The first kappa shape index (κ1) is 12.9. The van der Waals surface area contributed by atoms with Crippen LogP contribution in [0.4, 0.5) is 0 Å². The lowest BCUT2D eigenvalue weighted by molar-refractivity contribution is 0.0659. The van der Waals surface area contributed by atoms with Crippen LogP contribution in [0.25, 0.3) is 5.65 Å². The number of rotatable bonds is 2. The van der Waals surface area contributed by atoms with Crippen molar-refractivity contribution in [3.63, 3.8) is 0 Å². The van der Waals surface area contributed by atoms with Gasteiger partial charge in [0.25, 0.3) is 5.91 Å². The first-order valence-electron chi connectivity index (χ1n) is 6.55. The molecule has 20 heavy (non-hydrogen) atoms. The quantitative estimate of drug-likeness (QED) is 0.779. The second-order valence-electron chi connectivity index (χ2n) is 4.90. The Balaban J connectivity index is 1.84. The number of carbonyl (C=O) groups excluding carboxylic acids is 1. The van der Waals surface area contributed by atoms with Crippen molar-refractivity contribution in [2.24, 2.45) is 0 Å². The summed E-state index contributed by atoms with van der Waals surface area (Å²) >= 11 is 0. The third kappa shape index (κ3) is 2.32. The van der Waals surface area contributed by atoms with E-state index < -0.39 is 0 Å². The van der Waals surface area contributed by atoms with E-state index in [2.05, 4.69) is 22.0 Å². The number of nitrogens with zero attached hydrogens (tertiary/aromatic N) is 5. The Morgan fingerprint density at radius 2 is 2.00 bits per heavy atom. The van der Waals surface area contributed by atoms with Crippen LogP contribution in [0.1, 0.15) is 10.5 Å². The van der Waals surface area contributed by atoms with E-state index in [0.29, 0.717) is 17.2 Å². The largest absolute Gasteiger partial charge is 0.480 e. The minimum Gasteiger partial charge on any atom is -0.480 e. The zero-order valence-electron chi connectivity index (χ0n) is 11.6. The second-order valence-corrected chi connectivity index (χ2v) is 4.90. The molecular weight excluding hydrogens is 258 g/mol. The number of likely N-dealkylation sites (N-methyl/N-ethyl adjacent to an activating group) is 1. The van der Waals surface area contributed by atoms with Gasteiger partial charge in [-0.3, -0.25) is 4.79 Å². The summed E-state index contributed by atoms with van der Waals surface area (Å²) in [6.07, 6.45) is 1.65. The van der Waals surface area contributed by atoms with Crippen molar-refractivity contribution in [3.8, 4) is 5.88 Å². The van der Waals surface area contributed by atoms with Crippen LogP contribution in [0.5, 0.6) is 5.88 Å². The number of hydrogen-bond acceptors (Lipinski definition) is 5. The summed E-state index contributed by atoms with van der Waals surface area (Å²) < 4.78 is 6.63. The molecule has 1 aliphatic rings. The highest BCUT2D eigenvalue weighted by atomic mass is 16.5. The van der Waals surface area contributed by atoms with Crippen LogP contribution in [-0.4, -0.2) is 70.6 Å². The Labute approximate surface area is 116 Å². The SMILES string of the molecule is COc1ccc2nc(C(=O)N3CCN(C)CC3)cn2n1. The minimum absolute atomic E-state index is 0.0393. The molecule has 0 unspecified atom stereocenters. The number of hydrogen-bond donors (Lipinski definition) is 0. The van der Waals surface area contributed by atoms with Crippen molar-refractivity contribution in [2.45, 2.75) is 0 Å². The molecule has 0 aliphatic carbocycles. The summed E-state index contributed by atoms with van der Waals surface area (Å²) in [5, 5.41) is 4.21. The Kier molecular flexibility index (Phi) is 3.27. The maximum absolute atomic E-state index is 12.4. The van der Waals surface area contributed by atoms with Gasteiger partial charge in [0.2, 0.25) is 5.88 Å². The van der Waals surface area contributed by atoms with E-state index in [1.807, 2.05) is 4.90 Å². The molecule has 0 spiro atoms. The monoisotopic (exact) mass is 275 g/mol. The Bertz CT molecular complexity index is 631. The standard InChI is InChI=1S/C13H17N5O2/c1-16-5-7-17(8-6-16)13(19)10-9-18-11(14-10)3-4-12(15-18)20-2/h3-4,9H,5-8H2,1-2H3. The zero-order valence-corrected chi connectivity index (χ0v) is 11.6. The molecule has 0 N–H and O–H groups in total.